The van der Waals surface area contributed by atoms with E-state index in [2.05, 4.69) is 15.0 Å². The fourth-order valence-corrected chi connectivity index (χ4v) is 3.99. The Balaban J connectivity index is 1.61. The van der Waals surface area contributed by atoms with Crippen molar-refractivity contribution in [2.24, 2.45) is 0 Å². The van der Waals surface area contributed by atoms with Crippen LogP contribution in [0.5, 0.6) is 0 Å². The summed E-state index contributed by atoms with van der Waals surface area (Å²) in [6, 6.07) is 9.58. The third-order valence-electron chi connectivity index (χ3n) is 4.11. The molecule has 0 aliphatic carbocycles. The molecule has 26 heavy (non-hydrogen) atoms. The van der Waals surface area contributed by atoms with E-state index in [1.807, 2.05) is 12.1 Å². The monoisotopic (exact) mass is 375 g/mol. The Bertz CT molecular complexity index is 850. The summed E-state index contributed by atoms with van der Waals surface area (Å²) in [7, 11) is -3.68. The highest BCUT2D eigenvalue weighted by Crippen LogP contribution is 2.14. The number of sulfonamides is 1. The third-order valence-corrected chi connectivity index (χ3v) is 5.62. The molecule has 3 rings (SSSR count). The molecular formula is C18H21N3O4S. The number of rotatable bonds is 7. The molecule has 7 nitrogen and oxygen atoms in total. The normalized spacial score (nSPS) is 17.2. The summed E-state index contributed by atoms with van der Waals surface area (Å²) in [6.07, 6.45) is 4.73. The number of carbonyl (C=O) groups excluding carboxylic acids is 1. The highest BCUT2D eigenvalue weighted by molar-refractivity contribution is 7.89. The predicted molar refractivity (Wildman–Crippen MR) is 96.3 cm³/mol. The highest BCUT2D eigenvalue weighted by atomic mass is 32.2. The molecule has 0 radical (unpaired) electrons. The maximum atomic E-state index is 12.5. The molecular weight excluding hydrogens is 354 g/mol. The number of amides is 1. The van der Waals surface area contributed by atoms with Gasteiger partial charge in [-0.1, -0.05) is 6.07 Å². The van der Waals surface area contributed by atoms with Gasteiger partial charge in [0, 0.05) is 37.2 Å². The minimum absolute atomic E-state index is 0.0752. The van der Waals surface area contributed by atoms with Crippen molar-refractivity contribution < 1.29 is 17.9 Å². The molecule has 2 N–H and O–H groups in total. The van der Waals surface area contributed by atoms with Gasteiger partial charge in [-0.25, -0.2) is 13.1 Å². The third kappa shape index (κ3) is 4.87. The van der Waals surface area contributed by atoms with Crippen LogP contribution in [0.15, 0.2) is 53.7 Å². The fraction of sp³-hybridized carbons (Fsp3) is 0.333. The minimum atomic E-state index is -3.68. The molecule has 1 atom stereocenters. The van der Waals surface area contributed by atoms with Crippen LogP contribution in [-0.4, -0.2) is 45.1 Å². The molecule has 0 bridgehead atoms. The summed E-state index contributed by atoms with van der Waals surface area (Å²) in [5.74, 6) is -0.305. The molecule has 8 heteroatoms. The van der Waals surface area contributed by atoms with E-state index in [-0.39, 0.29) is 16.8 Å². The first-order chi connectivity index (χ1) is 12.5. The topological polar surface area (TPSA) is 97.4 Å². The van der Waals surface area contributed by atoms with Crippen LogP contribution in [0.1, 0.15) is 22.3 Å². The number of ether oxygens (including phenoxy) is 1. The molecule has 1 aliphatic heterocycles. The minimum Gasteiger partial charge on any atom is -0.380 e. The van der Waals surface area contributed by atoms with Crippen LogP contribution >= 0.6 is 0 Å². The van der Waals surface area contributed by atoms with Crippen LogP contribution in [0.25, 0.3) is 0 Å². The molecule has 0 saturated carbocycles. The largest absolute Gasteiger partial charge is 0.380 e. The van der Waals surface area contributed by atoms with Gasteiger partial charge in [0.2, 0.25) is 10.0 Å². The van der Waals surface area contributed by atoms with Crippen molar-refractivity contribution in [1.29, 1.82) is 0 Å². The van der Waals surface area contributed by atoms with Crippen molar-refractivity contribution in [3.05, 3.63) is 59.9 Å². The standard InChI is InChI=1S/C18H21N3O4S/c22-18(20-10-6-14-4-8-19-9-5-14)15-2-1-3-17(12-15)26(23,24)21-16-7-11-25-13-16/h1-5,8-9,12,16,21H,6-7,10-11,13H2,(H,20,22). The second kappa shape index (κ2) is 8.39. The summed E-state index contributed by atoms with van der Waals surface area (Å²) >= 11 is 0. The number of benzene rings is 1. The van der Waals surface area contributed by atoms with Crippen molar-refractivity contribution in [2.75, 3.05) is 19.8 Å². The van der Waals surface area contributed by atoms with Crippen LogP contribution in [-0.2, 0) is 21.2 Å². The maximum Gasteiger partial charge on any atom is 0.251 e. The van der Waals surface area contributed by atoms with Gasteiger partial charge in [0.15, 0.2) is 0 Å². The zero-order chi connectivity index (χ0) is 18.4. The highest BCUT2D eigenvalue weighted by Gasteiger charge is 2.24. The lowest BCUT2D eigenvalue weighted by molar-refractivity contribution is 0.0954. The van der Waals surface area contributed by atoms with E-state index in [0.29, 0.717) is 38.2 Å². The molecule has 1 aliphatic rings. The second-order valence-electron chi connectivity index (χ2n) is 6.07. The average molecular weight is 375 g/mol. The van der Waals surface area contributed by atoms with Crippen molar-refractivity contribution in [2.45, 2.75) is 23.8 Å². The van der Waals surface area contributed by atoms with Gasteiger partial charge in [0.25, 0.3) is 5.91 Å². The van der Waals surface area contributed by atoms with Gasteiger partial charge in [0.1, 0.15) is 0 Å². The van der Waals surface area contributed by atoms with E-state index in [0.717, 1.165) is 5.56 Å². The van der Waals surface area contributed by atoms with Crippen molar-refractivity contribution in [3.63, 3.8) is 0 Å². The zero-order valence-corrected chi connectivity index (χ0v) is 15.0. The summed E-state index contributed by atoms with van der Waals surface area (Å²) < 4.78 is 32.7. The zero-order valence-electron chi connectivity index (χ0n) is 14.2. The van der Waals surface area contributed by atoms with Gasteiger partial charge in [-0.2, -0.15) is 0 Å². The number of nitrogens with zero attached hydrogens (tertiary/aromatic N) is 1. The summed E-state index contributed by atoms with van der Waals surface area (Å²) in [4.78, 5) is 16.3. The Morgan fingerprint density at radius 1 is 1.23 bits per heavy atom. The summed E-state index contributed by atoms with van der Waals surface area (Å²) in [5, 5.41) is 2.80. The van der Waals surface area contributed by atoms with Crippen LogP contribution in [0, 0.1) is 0 Å². The molecule has 0 spiro atoms. The average Bonchev–Trinajstić information content (AvgIpc) is 3.15. The summed E-state index contributed by atoms with van der Waals surface area (Å²) in [5.41, 5.74) is 1.38. The van der Waals surface area contributed by atoms with Gasteiger partial charge >= 0.3 is 0 Å². The number of hydrogen-bond donors (Lipinski definition) is 2. The van der Waals surface area contributed by atoms with Crippen molar-refractivity contribution in [3.8, 4) is 0 Å². The van der Waals surface area contributed by atoms with Crippen molar-refractivity contribution >= 4 is 15.9 Å². The van der Waals surface area contributed by atoms with E-state index in [9.17, 15) is 13.2 Å². The lowest BCUT2D eigenvalue weighted by Gasteiger charge is -2.12. The number of pyridine rings is 1. The molecule has 2 heterocycles. The first-order valence-electron chi connectivity index (χ1n) is 8.42. The van der Waals surface area contributed by atoms with Crippen LogP contribution < -0.4 is 10.0 Å². The van der Waals surface area contributed by atoms with E-state index in [1.165, 1.54) is 12.1 Å². The molecule has 2 aromatic rings. The smallest absolute Gasteiger partial charge is 0.251 e. The molecule has 1 aromatic heterocycles. The molecule has 1 unspecified atom stereocenters. The number of nitrogens with one attached hydrogen (secondary N) is 2. The Hall–Kier alpha value is -2.29. The van der Waals surface area contributed by atoms with Gasteiger partial charge < -0.3 is 10.1 Å². The lowest BCUT2D eigenvalue weighted by Crippen LogP contribution is -2.35. The van der Waals surface area contributed by atoms with E-state index in [4.69, 9.17) is 4.74 Å². The van der Waals surface area contributed by atoms with Crippen molar-refractivity contribution in [1.82, 2.24) is 15.0 Å². The Morgan fingerprint density at radius 3 is 2.77 bits per heavy atom. The second-order valence-corrected chi connectivity index (χ2v) is 7.78. The maximum absolute atomic E-state index is 12.5. The van der Waals surface area contributed by atoms with Crippen LogP contribution in [0.2, 0.25) is 0 Å². The number of aromatic nitrogens is 1. The number of hydrogen-bond acceptors (Lipinski definition) is 5. The Morgan fingerprint density at radius 2 is 2.04 bits per heavy atom. The molecule has 1 aromatic carbocycles. The first kappa shape index (κ1) is 18.5. The molecule has 1 fully saturated rings. The summed E-state index contributed by atoms with van der Waals surface area (Å²) in [6.45, 7) is 1.37. The van der Waals surface area contributed by atoms with Gasteiger partial charge in [0.05, 0.1) is 11.5 Å². The first-order valence-corrected chi connectivity index (χ1v) is 9.90. The lowest BCUT2D eigenvalue weighted by atomic mass is 10.2. The molecule has 1 amide bonds. The van der Waals surface area contributed by atoms with Crippen LogP contribution in [0.3, 0.4) is 0 Å². The van der Waals surface area contributed by atoms with Gasteiger partial charge in [-0.3, -0.25) is 9.78 Å². The van der Waals surface area contributed by atoms with E-state index in [1.54, 1.807) is 24.5 Å². The fourth-order valence-electron chi connectivity index (χ4n) is 2.69. The quantitative estimate of drug-likeness (QED) is 0.756. The van der Waals surface area contributed by atoms with E-state index >= 15 is 0 Å². The Labute approximate surface area is 152 Å². The van der Waals surface area contributed by atoms with Gasteiger partial charge in [-0.15, -0.1) is 0 Å². The number of carbonyl (C=O) groups is 1. The van der Waals surface area contributed by atoms with Crippen LogP contribution in [0.4, 0.5) is 0 Å². The Kier molecular flexibility index (Phi) is 5.97. The van der Waals surface area contributed by atoms with Gasteiger partial charge in [-0.05, 0) is 48.7 Å². The molecule has 138 valence electrons. The molecule has 1 saturated heterocycles. The van der Waals surface area contributed by atoms with E-state index < -0.39 is 10.0 Å². The SMILES string of the molecule is O=C(NCCc1ccncc1)c1cccc(S(=O)(=O)NC2CCOC2)c1. The predicted octanol–water partition coefficient (Wildman–Crippen LogP) is 1.12.